The Morgan fingerprint density at radius 3 is 2.24 bits per heavy atom. The van der Waals surface area contributed by atoms with Gasteiger partial charge in [0.25, 0.3) is 0 Å². The van der Waals surface area contributed by atoms with Crippen LogP contribution in [0.1, 0.15) is 17.5 Å². The van der Waals surface area contributed by atoms with E-state index in [1.54, 1.807) is 24.3 Å². The molecule has 0 saturated heterocycles. The Hall–Kier alpha value is -3.06. The van der Waals surface area contributed by atoms with Crippen LogP contribution in [0.25, 0.3) is 0 Å². The average Bonchev–Trinajstić information content (AvgIpc) is 2.66. The molecule has 0 aliphatic heterocycles. The van der Waals surface area contributed by atoms with Crippen LogP contribution in [0, 0.1) is 13.8 Å². The summed E-state index contributed by atoms with van der Waals surface area (Å²) in [7, 11) is -3.90. The SMILES string of the molecule is Cc1ccc(S(=O)(=O)Oc2cc(C)cc(OCCC[n+]3ccc(N)cc3)c2)cc1. The van der Waals surface area contributed by atoms with Gasteiger partial charge in [-0.25, -0.2) is 4.57 Å². The zero-order valence-corrected chi connectivity index (χ0v) is 17.4. The maximum absolute atomic E-state index is 12.5. The van der Waals surface area contributed by atoms with E-state index in [1.807, 2.05) is 49.0 Å². The number of nitrogens with two attached hydrogens (primary N) is 1. The third-order valence-corrected chi connectivity index (χ3v) is 5.55. The monoisotopic (exact) mass is 413 g/mol. The van der Waals surface area contributed by atoms with Gasteiger partial charge in [-0.15, -0.1) is 0 Å². The van der Waals surface area contributed by atoms with Crippen molar-refractivity contribution >= 4 is 15.8 Å². The second kappa shape index (κ2) is 8.96. The van der Waals surface area contributed by atoms with Crippen molar-refractivity contribution in [2.75, 3.05) is 12.3 Å². The van der Waals surface area contributed by atoms with Gasteiger partial charge < -0.3 is 14.7 Å². The van der Waals surface area contributed by atoms with E-state index in [0.717, 1.165) is 29.8 Å². The minimum absolute atomic E-state index is 0.118. The van der Waals surface area contributed by atoms with E-state index in [4.69, 9.17) is 14.7 Å². The van der Waals surface area contributed by atoms with Gasteiger partial charge in [0.2, 0.25) is 0 Å². The van der Waals surface area contributed by atoms with Gasteiger partial charge in [0, 0.05) is 30.3 Å². The van der Waals surface area contributed by atoms with Gasteiger partial charge in [0.15, 0.2) is 18.9 Å². The van der Waals surface area contributed by atoms with E-state index in [0.29, 0.717) is 12.4 Å². The number of nitrogen functional groups attached to an aromatic ring is 1. The molecule has 0 spiro atoms. The fourth-order valence-electron chi connectivity index (χ4n) is 2.78. The normalized spacial score (nSPS) is 11.2. The summed E-state index contributed by atoms with van der Waals surface area (Å²) in [6.07, 6.45) is 4.63. The maximum Gasteiger partial charge on any atom is 0.339 e. The number of aryl methyl sites for hydroxylation is 3. The van der Waals surface area contributed by atoms with E-state index < -0.39 is 10.1 Å². The molecule has 3 rings (SSSR count). The lowest BCUT2D eigenvalue weighted by molar-refractivity contribution is -0.697. The fraction of sp³-hybridized carbons (Fsp3) is 0.227. The molecule has 29 heavy (non-hydrogen) atoms. The van der Waals surface area contributed by atoms with E-state index in [-0.39, 0.29) is 10.6 Å². The molecule has 7 heteroatoms. The molecule has 152 valence electrons. The van der Waals surface area contributed by atoms with Crippen molar-refractivity contribution in [2.45, 2.75) is 31.7 Å². The van der Waals surface area contributed by atoms with Gasteiger partial charge in [0.05, 0.1) is 6.61 Å². The third kappa shape index (κ3) is 5.96. The first-order valence-corrected chi connectivity index (χ1v) is 10.7. The van der Waals surface area contributed by atoms with Crippen LogP contribution in [-0.2, 0) is 16.7 Å². The van der Waals surface area contributed by atoms with Gasteiger partial charge in [-0.3, -0.25) is 0 Å². The van der Waals surface area contributed by atoms with Gasteiger partial charge >= 0.3 is 10.1 Å². The highest BCUT2D eigenvalue weighted by atomic mass is 32.2. The first kappa shape index (κ1) is 20.7. The van der Waals surface area contributed by atoms with Gasteiger partial charge in [0.1, 0.15) is 16.4 Å². The second-order valence-electron chi connectivity index (χ2n) is 6.90. The summed E-state index contributed by atoms with van der Waals surface area (Å²) in [5.74, 6) is 0.801. The highest BCUT2D eigenvalue weighted by Gasteiger charge is 2.17. The molecular formula is C22H25N2O4S+. The quantitative estimate of drug-likeness (QED) is 0.348. The minimum atomic E-state index is -3.90. The van der Waals surface area contributed by atoms with Crippen LogP contribution in [0.5, 0.6) is 11.5 Å². The Labute approximate surface area is 171 Å². The van der Waals surface area contributed by atoms with Crippen LogP contribution in [0.2, 0.25) is 0 Å². The summed E-state index contributed by atoms with van der Waals surface area (Å²) in [6, 6.07) is 15.3. The summed E-state index contributed by atoms with van der Waals surface area (Å²) in [5.41, 5.74) is 8.24. The maximum atomic E-state index is 12.5. The van der Waals surface area contributed by atoms with E-state index in [1.165, 1.54) is 12.1 Å². The first-order chi connectivity index (χ1) is 13.8. The molecule has 0 aliphatic carbocycles. The van der Waals surface area contributed by atoms with Crippen LogP contribution in [0.15, 0.2) is 71.9 Å². The number of ether oxygens (including phenoxy) is 1. The summed E-state index contributed by atoms with van der Waals surface area (Å²) in [6.45, 7) is 5.04. The van der Waals surface area contributed by atoms with Gasteiger partial charge in [-0.1, -0.05) is 17.7 Å². The van der Waals surface area contributed by atoms with Crippen LogP contribution >= 0.6 is 0 Å². The molecule has 6 nitrogen and oxygen atoms in total. The van der Waals surface area contributed by atoms with Crippen molar-refractivity contribution in [3.8, 4) is 11.5 Å². The van der Waals surface area contributed by atoms with Crippen molar-refractivity contribution in [1.82, 2.24) is 0 Å². The number of nitrogens with zero attached hydrogens (tertiary/aromatic N) is 1. The van der Waals surface area contributed by atoms with Crippen LogP contribution in [-0.4, -0.2) is 15.0 Å². The summed E-state index contributed by atoms with van der Waals surface area (Å²) in [5, 5.41) is 0. The number of aromatic nitrogens is 1. The largest absolute Gasteiger partial charge is 0.493 e. The zero-order valence-electron chi connectivity index (χ0n) is 16.5. The van der Waals surface area contributed by atoms with Gasteiger partial charge in [-0.2, -0.15) is 8.42 Å². The topological polar surface area (TPSA) is 82.5 Å². The Morgan fingerprint density at radius 1 is 0.897 bits per heavy atom. The van der Waals surface area contributed by atoms with Gasteiger partial charge in [-0.05, 0) is 43.7 Å². The van der Waals surface area contributed by atoms with E-state index in [9.17, 15) is 8.42 Å². The van der Waals surface area contributed by atoms with Crippen molar-refractivity contribution in [2.24, 2.45) is 0 Å². The second-order valence-corrected chi connectivity index (χ2v) is 8.45. The lowest BCUT2D eigenvalue weighted by Gasteiger charge is -2.11. The Balaban J connectivity index is 1.61. The van der Waals surface area contributed by atoms with Crippen LogP contribution < -0.4 is 19.2 Å². The number of hydrogen-bond acceptors (Lipinski definition) is 5. The van der Waals surface area contributed by atoms with Crippen molar-refractivity contribution in [3.05, 3.63) is 78.1 Å². The van der Waals surface area contributed by atoms with Crippen LogP contribution in [0.4, 0.5) is 5.69 Å². The van der Waals surface area contributed by atoms with Crippen molar-refractivity contribution in [1.29, 1.82) is 0 Å². The molecule has 0 aliphatic rings. The third-order valence-electron chi connectivity index (χ3n) is 4.29. The zero-order chi connectivity index (χ0) is 20.9. The Kier molecular flexibility index (Phi) is 6.39. The Bertz CT molecular complexity index is 1060. The van der Waals surface area contributed by atoms with Crippen molar-refractivity contribution < 1.29 is 21.9 Å². The molecule has 0 bridgehead atoms. The fourth-order valence-corrected chi connectivity index (χ4v) is 3.70. The predicted molar refractivity (Wildman–Crippen MR) is 111 cm³/mol. The summed E-state index contributed by atoms with van der Waals surface area (Å²) in [4.78, 5) is 0.118. The van der Waals surface area contributed by atoms with E-state index >= 15 is 0 Å². The molecule has 2 aromatic carbocycles. The molecule has 1 heterocycles. The summed E-state index contributed by atoms with van der Waals surface area (Å²) < 4.78 is 38.1. The minimum Gasteiger partial charge on any atom is -0.493 e. The summed E-state index contributed by atoms with van der Waals surface area (Å²) >= 11 is 0. The lowest BCUT2D eigenvalue weighted by Crippen LogP contribution is -2.33. The van der Waals surface area contributed by atoms with Crippen LogP contribution in [0.3, 0.4) is 0 Å². The first-order valence-electron chi connectivity index (χ1n) is 9.32. The smallest absolute Gasteiger partial charge is 0.339 e. The average molecular weight is 414 g/mol. The molecule has 0 saturated carbocycles. The molecule has 0 amide bonds. The number of rotatable bonds is 8. The molecular weight excluding hydrogens is 388 g/mol. The lowest BCUT2D eigenvalue weighted by atomic mass is 10.2. The van der Waals surface area contributed by atoms with E-state index in [2.05, 4.69) is 0 Å². The molecule has 2 N–H and O–H groups in total. The Morgan fingerprint density at radius 2 is 1.55 bits per heavy atom. The standard InChI is InChI=1S/C22H24N2O4S/c1-17-4-6-22(7-5-17)29(25,26)28-21-15-18(2)14-20(16-21)27-13-3-10-24-11-8-19(23)9-12-24/h4-9,11-12,14-16,23H,3,10,13H2,1-2H3/p+1. The highest BCUT2D eigenvalue weighted by Crippen LogP contribution is 2.26. The number of pyridine rings is 1. The van der Waals surface area contributed by atoms with Crippen molar-refractivity contribution in [3.63, 3.8) is 0 Å². The number of benzene rings is 2. The number of anilines is 1. The highest BCUT2D eigenvalue weighted by molar-refractivity contribution is 7.87. The predicted octanol–water partition coefficient (Wildman–Crippen LogP) is 3.41. The molecule has 1 aromatic heterocycles. The molecule has 0 unspecified atom stereocenters. The molecule has 0 atom stereocenters. The number of hydrogen-bond donors (Lipinski definition) is 1. The molecule has 0 radical (unpaired) electrons. The molecule has 3 aromatic rings. The molecule has 0 fully saturated rings.